The van der Waals surface area contributed by atoms with Crippen molar-refractivity contribution in [3.8, 4) is 5.75 Å². The van der Waals surface area contributed by atoms with Crippen molar-refractivity contribution in [3.05, 3.63) is 23.3 Å². The number of carboxylic acid groups (broad SMARTS) is 1. The summed E-state index contributed by atoms with van der Waals surface area (Å²) in [7, 11) is 2.02. The molecule has 3 rings (SSSR count). The molecule has 5 nitrogen and oxygen atoms in total. The number of aryl methyl sites for hydroxylation is 1. The number of nitrogens with two attached hydrogens (primary N) is 1. The van der Waals surface area contributed by atoms with Crippen LogP contribution >= 0.6 is 0 Å². The molecule has 102 valence electrons. The fraction of sp³-hybridized carbons (Fsp3) is 0.500. The second kappa shape index (κ2) is 4.13. The maximum atomic E-state index is 11.5. The van der Waals surface area contributed by atoms with E-state index in [0.717, 1.165) is 25.1 Å². The van der Waals surface area contributed by atoms with Gasteiger partial charge in [0.25, 0.3) is 0 Å². The molecule has 1 atom stereocenters. The van der Waals surface area contributed by atoms with E-state index < -0.39 is 11.5 Å². The molecule has 1 aromatic carbocycles. The van der Waals surface area contributed by atoms with Crippen LogP contribution in [0.1, 0.15) is 24.0 Å². The zero-order chi connectivity index (χ0) is 13.6. The van der Waals surface area contributed by atoms with Crippen molar-refractivity contribution in [1.82, 2.24) is 0 Å². The number of fused-ring (bicyclic) bond motifs is 2. The standard InChI is InChI=1S/C14H18N2O3/c1-16-5-2-3-9-7-12-10(8-11(9)16)14(15,13(17)18)4-6-19-12/h7-8H,2-6,15H2,1H3,(H,17,18). The van der Waals surface area contributed by atoms with Crippen LogP contribution in [0, 0.1) is 0 Å². The number of carbonyl (C=O) groups is 1. The van der Waals surface area contributed by atoms with Gasteiger partial charge in [0.1, 0.15) is 11.3 Å². The van der Waals surface area contributed by atoms with Crippen LogP contribution in [0.3, 0.4) is 0 Å². The van der Waals surface area contributed by atoms with E-state index >= 15 is 0 Å². The first kappa shape index (κ1) is 12.3. The summed E-state index contributed by atoms with van der Waals surface area (Å²) < 4.78 is 5.61. The molecule has 2 aliphatic heterocycles. The van der Waals surface area contributed by atoms with Crippen molar-refractivity contribution in [2.45, 2.75) is 24.8 Å². The minimum Gasteiger partial charge on any atom is -0.493 e. The topological polar surface area (TPSA) is 75.8 Å². The Bertz CT molecular complexity index is 544. The lowest BCUT2D eigenvalue weighted by atomic mass is 9.83. The fourth-order valence-electron chi connectivity index (χ4n) is 2.94. The predicted octanol–water partition coefficient (Wildman–Crippen LogP) is 1.09. The Balaban J connectivity index is 2.17. The van der Waals surface area contributed by atoms with Crippen LogP contribution in [0.15, 0.2) is 12.1 Å². The van der Waals surface area contributed by atoms with Gasteiger partial charge in [-0.25, -0.2) is 4.79 Å². The lowest BCUT2D eigenvalue weighted by Crippen LogP contribution is -2.48. The summed E-state index contributed by atoms with van der Waals surface area (Å²) >= 11 is 0. The first-order valence-corrected chi connectivity index (χ1v) is 6.56. The third-order valence-corrected chi connectivity index (χ3v) is 4.15. The molecule has 2 heterocycles. The Labute approximate surface area is 112 Å². The zero-order valence-corrected chi connectivity index (χ0v) is 11.0. The van der Waals surface area contributed by atoms with Gasteiger partial charge < -0.3 is 20.5 Å². The fourth-order valence-corrected chi connectivity index (χ4v) is 2.94. The average molecular weight is 262 g/mol. The third-order valence-electron chi connectivity index (χ3n) is 4.15. The Hall–Kier alpha value is -1.75. The monoisotopic (exact) mass is 262 g/mol. The summed E-state index contributed by atoms with van der Waals surface area (Å²) in [5.41, 5.74) is 7.64. The molecule has 0 bridgehead atoms. The molecule has 0 saturated carbocycles. The van der Waals surface area contributed by atoms with Crippen LogP contribution in [0.2, 0.25) is 0 Å². The molecular formula is C14H18N2O3. The van der Waals surface area contributed by atoms with Crippen molar-refractivity contribution in [2.24, 2.45) is 5.73 Å². The van der Waals surface area contributed by atoms with Gasteiger partial charge in [0.2, 0.25) is 0 Å². The highest BCUT2D eigenvalue weighted by Gasteiger charge is 2.42. The second-order valence-corrected chi connectivity index (χ2v) is 5.38. The van der Waals surface area contributed by atoms with Crippen LogP contribution < -0.4 is 15.4 Å². The molecule has 19 heavy (non-hydrogen) atoms. The van der Waals surface area contributed by atoms with Crippen LogP contribution in [0.4, 0.5) is 5.69 Å². The van der Waals surface area contributed by atoms with Crippen molar-refractivity contribution >= 4 is 11.7 Å². The van der Waals surface area contributed by atoms with E-state index in [9.17, 15) is 9.90 Å². The summed E-state index contributed by atoms with van der Waals surface area (Å²) in [5, 5.41) is 9.42. The minimum atomic E-state index is -1.33. The minimum absolute atomic E-state index is 0.303. The van der Waals surface area contributed by atoms with Crippen LogP contribution in [-0.2, 0) is 16.8 Å². The predicted molar refractivity (Wildman–Crippen MR) is 71.6 cm³/mol. The van der Waals surface area contributed by atoms with Gasteiger partial charge in [0.15, 0.2) is 0 Å². The molecule has 3 N–H and O–H groups in total. The Morgan fingerprint density at radius 1 is 1.53 bits per heavy atom. The first-order valence-electron chi connectivity index (χ1n) is 6.56. The van der Waals surface area contributed by atoms with Crippen molar-refractivity contribution < 1.29 is 14.6 Å². The highest BCUT2D eigenvalue weighted by atomic mass is 16.5. The van der Waals surface area contributed by atoms with Crippen molar-refractivity contribution in [3.63, 3.8) is 0 Å². The Morgan fingerprint density at radius 2 is 2.32 bits per heavy atom. The lowest BCUT2D eigenvalue weighted by molar-refractivity contribution is -0.144. The summed E-state index contributed by atoms with van der Waals surface area (Å²) in [5.74, 6) is -0.360. The number of hydrogen-bond acceptors (Lipinski definition) is 4. The van der Waals surface area contributed by atoms with Crippen LogP contribution in [-0.4, -0.2) is 31.3 Å². The highest BCUT2D eigenvalue weighted by molar-refractivity contribution is 5.83. The third kappa shape index (κ3) is 1.76. The molecule has 0 aromatic heterocycles. The summed E-state index contributed by atoms with van der Waals surface area (Å²) in [4.78, 5) is 13.6. The van der Waals surface area contributed by atoms with Gasteiger partial charge in [-0.3, -0.25) is 0 Å². The second-order valence-electron chi connectivity index (χ2n) is 5.38. The molecule has 0 saturated heterocycles. The van der Waals surface area contributed by atoms with Gasteiger partial charge in [-0.05, 0) is 30.5 Å². The van der Waals surface area contributed by atoms with E-state index in [1.54, 1.807) is 0 Å². The van der Waals surface area contributed by atoms with E-state index in [-0.39, 0.29) is 0 Å². The molecule has 0 spiro atoms. The Morgan fingerprint density at radius 3 is 3.05 bits per heavy atom. The number of benzene rings is 1. The van der Waals surface area contributed by atoms with E-state index in [1.807, 2.05) is 19.2 Å². The maximum Gasteiger partial charge on any atom is 0.328 e. The number of anilines is 1. The van der Waals surface area contributed by atoms with Crippen molar-refractivity contribution in [2.75, 3.05) is 25.1 Å². The smallest absolute Gasteiger partial charge is 0.328 e. The number of hydrogen-bond donors (Lipinski definition) is 2. The molecule has 0 fully saturated rings. The number of ether oxygens (including phenoxy) is 1. The SMILES string of the molecule is CN1CCCc2cc3c(cc21)C(N)(C(=O)O)CCO3. The van der Waals surface area contributed by atoms with E-state index in [1.165, 1.54) is 5.56 Å². The molecule has 5 heteroatoms. The first-order chi connectivity index (χ1) is 9.02. The van der Waals surface area contributed by atoms with Gasteiger partial charge in [-0.2, -0.15) is 0 Å². The molecule has 1 aromatic rings. The molecule has 2 aliphatic rings. The van der Waals surface area contributed by atoms with Gasteiger partial charge >= 0.3 is 5.97 Å². The lowest BCUT2D eigenvalue weighted by Gasteiger charge is -2.35. The normalized spacial score (nSPS) is 25.3. The zero-order valence-electron chi connectivity index (χ0n) is 11.0. The van der Waals surface area contributed by atoms with Gasteiger partial charge in [0, 0.05) is 31.3 Å². The highest BCUT2D eigenvalue weighted by Crippen LogP contribution is 2.41. The largest absolute Gasteiger partial charge is 0.493 e. The van der Waals surface area contributed by atoms with Crippen LogP contribution in [0.5, 0.6) is 5.75 Å². The number of nitrogens with zero attached hydrogens (tertiary/aromatic N) is 1. The van der Waals surface area contributed by atoms with E-state index in [4.69, 9.17) is 10.5 Å². The summed E-state index contributed by atoms with van der Waals surface area (Å²) in [6, 6.07) is 3.86. The van der Waals surface area contributed by atoms with Crippen molar-refractivity contribution in [1.29, 1.82) is 0 Å². The van der Waals surface area contributed by atoms with Gasteiger partial charge in [0.05, 0.1) is 6.61 Å². The van der Waals surface area contributed by atoms with E-state index in [0.29, 0.717) is 24.3 Å². The summed E-state index contributed by atoms with van der Waals surface area (Å²) in [6.07, 6.45) is 2.41. The number of carboxylic acids is 1. The quantitative estimate of drug-likeness (QED) is 0.792. The van der Waals surface area contributed by atoms with Crippen LogP contribution in [0.25, 0.3) is 0 Å². The number of rotatable bonds is 1. The molecule has 1 unspecified atom stereocenters. The summed E-state index contributed by atoms with van der Waals surface area (Å²) in [6.45, 7) is 1.34. The molecule has 0 radical (unpaired) electrons. The molecule has 0 aliphatic carbocycles. The number of aliphatic carboxylic acids is 1. The molecular weight excluding hydrogens is 244 g/mol. The van der Waals surface area contributed by atoms with Gasteiger partial charge in [-0.1, -0.05) is 0 Å². The average Bonchev–Trinajstić information content (AvgIpc) is 2.38. The van der Waals surface area contributed by atoms with E-state index in [2.05, 4.69) is 4.90 Å². The van der Waals surface area contributed by atoms with Gasteiger partial charge in [-0.15, -0.1) is 0 Å². The maximum absolute atomic E-state index is 11.5. The molecule has 0 amide bonds. The Kier molecular flexibility index (Phi) is 2.67.